The van der Waals surface area contributed by atoms with Crippen LogP contribution in [0.25, 0.3) is 12.2 Å². The van der Waals surface area contributed by atoms with Crippen LogP contribution in [-0.4, -0.2) is 21.8 Å². The van der Waals surface area contributed by atoms with Crippen molar-refractivity contribution < 1.29 is 21.8 Å². The first-order valence-corrected chi connectivity index (χ1v) is 11.1. The summed E-state index contributed by atoms with van der Waals surface area (Å²) in [6.45, 7) is 0. The van der Waals surface area contributed by atoms with Crippen molar-refractivity contribution in [1.82, 2.24) is 0 Å². The van der Waals surface area contributed by atoms with Crippen LogP contribution in [0.15, 0.2) is 52.3 Å². The summed E-state index contributed by atoms with van der Waals surface area (Å²) in [7, 11) is 2.41. The molecule has 0 bridgehead atoms. The zero-order valence-corrected chi connectivity index (χ0v) is 15.3. The molecule has 0 radical (unpaired) electrons. The van der Waals surface area contributed by atoms with Crippen molar-refractivity contribution >= 4 is 57.3 Å². The second-order valence-electron chi connectivity index (χ2n) is 4.73. The molecule has 7 nitrogen and oxygen atoms in total. The van der Waals surface area contributed by atoms with Crippen LogP contribution < -0.4 is 0 Å². The van der Waals surface area contributed by atoms with Gasteiger partial charge in [-0.15, -0.1) is 0 Å². The lowest BCUT2D eigenvalue weighted by Crippen LogP contribution is -1.97. The van der Waals surface area contributed by atoms with Crippen LogP contribution in [0.1, 0.15) is 11.1 Å². The number of non-ortho nitro benzene ring substituents is 1. The summed E-state index contributed by atoms with van der Waals surface area (Å²) in [6, 6.07) is 8.93. The molecule has 0 heterocycles. The van der Waals surface area contributed by atoms with Crippen LogP contribution in [0.4, 0.5) is 5.69 Å². The fraction of sp³-hybridized carbons (Fsp3) is 0. The van der Waals surface area contributed by atoms with Crippen molar-refractivity contribution in [2.45, 2.75) is 9.79 Å². The van der Waals surface area contributed by atoms with E-state index in [9.17, 15) is 26.9 Å². The van der Waals surface area contributed by atoms with Gasteiger partial charge in [-0.2, -0.15) is 0 Å². The normalized spacial score (nSPS) is 12.4. The van der Waals surface area contributed by atoms with Gasteiger partial charge in [0.15, 0.2) is 0 Å². The van der Waals surface area contributed by atoms with E-state index in [0.29, 0.717) is 0 Å². The summed E-state index contributed by atoms with van der Waals surface area (Å²) < 4.78 is 46.4. The Kier molecular flexibility index (Phi) is 5.52. The number of hydrogen-bond acceptors (Lipinski definition) is 6. The minimum Gasteiger partial charge on any atom is -0.258 e. The number of nitro benzene ring substituents is 1. The molecular formula is C14H9Cl2NO6S2. The van der Waals surface area contributed by atoms with Gasteiger partial charge in [-0.05, 0) is 23.3 Å². The van der Waals surface area contributed by atoms with Gasteiger partial charge in [-0.1, -0.05) is 30.4 Å². The van der Waals surface area contributed by atoms with Crippen LogP contribution in [-0.2, 0) is 18.1 Å². The molecule has 0 aliphatic carbocycles. The second kappa shape index (κ2) is 7.12. The van der Waals surface area contributed by atoms with Crippen LogP contribution in [0.2, 0.25) is 0 Å². The number of hydrogen-bond donors (Lipinski definition) is 0. The van der Waals surface area contributed by atoms with E-state index in [4.69, 9.17) is 21.4 Å². The molecule has 0 saturated carbocycles. The summed E-state index contributed by atoms with van der Waals surface area (Å²) in [5, 5.41) is 10.8. The molecule has 0 saturated heterocycles. The van der Waals surface area contributed by atoms with Gasteiger partial charge in [0.05, 0.1) is 14.7 Å². The maximum absolute atomic E-state index is 11.7. The monoisotopic (exact) mass is 421 g/mol. The van der Waals surface area contributed by atoms with Crippen LogP contribution in [0, 0.1) is 10.1 Å². The number of benzene rings is 2. The zero-order valence-electron chi connectivity index (χ0n) is 12.2. The average molecular weight is 422 g/mol. The highest BCUT2D eigenvalue weighted by Crippen LogP contribution is 2.28. The molecule has 0 N–H and O–H groups in total. The molecule has 0 aromatic heterocycles. The van der Waals surface area contributed by atoms with Crippen molar-refractivity contribution in [3.8, 4) is 0 Å². The van der Waals surface area contributed by atoms with Crippen molar-refractivity contribution in [2.75, 3.05) is 0 Å². The quantitative estimate of drug-likeness (QED) is 0.315. The van der Waals surface area contributed by atoms with E-state index in [-0.39, 0.29) is 16.0 Å². The maximum atomic E-state index is 11.7. The van der Waals surface area contributed by atoms with Crippen molar-refractivity contribution in [2.24, 2.45) is 0 Å². The highest BCUT2D eigenvalue weighted by atomic mass is 35.7. The smallest absolute Gasteiger partial charge is 0.258 e. The van der Waals surface area contributed by atoms with E-state index in [1.165, 1.54) is 36.4 Å². The van der Waals surface area contributed by atoms with E-state index in [2.05, 4.69) is 0 Å². The molecule has 11 heteroatoms. The van der Waals surface area contributed by atoms with E-state index >= 15 is 0 Å². The maximum Gasteiger partial charge on any atom is 0.270 e. The summed E-state index contributed by atoms with van der Waals surface area (Å²) in [6.07, 6.45) is 2.60. The Morgan fingerprint density at radius 1 is 0.840 bits per heavy atom. The fourth-order valence-electron chi connectivity index (χ4n) is 2.01. The lowest BCUT2D eigenvalue weighted by Gasteiger charge is -2.04. The Labute approximate surface area is 152 Å². The SMILES string of the molecule is O=[N+]([O-])c1ccc(/C=C/c2ccccc2S(=O)(=O)Cl)c(S(=O)(=O)Cl)c1. The Hall–Kier alpha value is -1.94. The van der Waals surface area contributed by atoms with Gasteiger partial charge in [0.25, 0.3) is 23.8 Å². The highest BCUT2D eigenvalue weighted by Gasteiger charge is 2.19. The van der Waals surface area contributed by atoms with E-state index in [0.717, 1.165) is 12.1 Å². The fourth-order valence-corrected chi connectivity index (χ4v) is 4.17. The number of nitrogens with zero attached hydrogens (tertiary/aromatic N) is 1. The lowest BCUT2D eigenvalue weighted by atomic mass is 10.1. The van der Waals surface area contributed by atoms with Gasteiger partial charge >= 0.3 is 0 Å². The number of halogens is 2. The summed E-state index contributed by atoms with van der Waals surface area (Å²) in [4.78, 5) is 9.41. The van der Waals surface area contributed by atoms with Gasteiger partial charge < -0.3 is 0 Å². The van der Waals surface area contributed by atoms with Gasteiger partial charge in [-0.25, -0.2) is 16.8 Å². The Balaban J connectivity index is 2.59. The number of nitro groups is 1. The molecule has 2 aromatic rings. The Morgan fingerprint density at radius 2 is 1.36 bits per heavy atom. The Bertz CT molecular complexity index is 1080. The van der Waals surface area contributed by atoms with Crippen molar-refractivity contribution in [3.63, 3.8) is 0 Å². The molecule has 0 spiro atoms. The van der Waals surface area contributed by atoms with Gasteiger partial charge in [0, 0.05) is 33.5 Å². The molecular weight excluding hydrogens is 413 g/mol. The van der Waals surface area contributed by atoms with E-state index < -0.39 is 33.6 Å². The highest BCUT2D eigenvalue weighted by molar-refractivity contribution is 8.14. The summed E-state index contributed by atoms with van der Waals surface area (Å²) in [5.41, 5.74) is -0.170. The molecule has 0 amide bonds. The molecule has 0 fully saturated rings. The molecule has 2 rings (SSSR count). The van der Waals surface area contributed by atoms with Gasteiger partial charge in [0.1, 0.15) is 0 Å². The predicted octanol–water partition coefficient (Wildman–Crippen LogP) is 3.62. The predicted molar refractivity (Wildman–Crippen MR) is 94.5 cm³/mol. The molecule has 132 valence electrons. The third-order valence-corrected chi connectivity index (χ3v) is 5.87. The standard InChI is InChI=1S/C14H9Cl2NO6S2/c15-24(20,21)13-4-2-1-3-10(13)5-6-11-7-8-12(17(18)19)9-14(11)25(16,22)23/h1-9H/b6-5+. The first-order chi connectivity index (χ1) is 11.5. The Morgan fingerprint density at radius 3 is 1.88 bits per heavy atom. The first kappa shape index (κ1) is 19.4. The van der Waals surface area contributed by atoms with Gasteiger partial charge in [0.2, 0.25) is 0 Å². The van der Waals surface area contributed by atoms with E-state index in [1.807, 2.05) is 0 Å². The molecule has 0 aliphatic heterocycles. The van der Waals surface area contributed by atoms with Gasteiger partial charge in [-0.3, -0.25) is 10.1 Å². The molecule has 25 heavy (non-hydrogen) atoms. The molecule has 0 atom stereocenters. The van der Waals surface area contributed by atoms with Crippen molar-refractivity contribution in [3.05, 3.63) is 63.7 Å². The minimum atomic E-state index is -4.26. The van der Waals surface area contributed by atoms with E-state index in [1.54, 1.807) is 6.07 Å². The lowest BCUT2D eigenvalue weighted by molar-refractivity contribution is -0.385. The molecule has 2 aromatic carbocycles. The zero-order chi connectivity index (χ0) is 18.8. The second-order valence-corrected chi connectivity index (χ2v) is 9.79. The number of rotatable bonds is 5. The molecule has 0 aliphatic rings. The van der Waals surface area contributed by atoms with Crippen LogP contribution >= 0.6 is 21.4 Å². The largest absolute Gasteiger partial charge is 0.270 e. The van der Waals surface area contributed by atoms with Crippen molar-refractivity contribution in [1.29, 1.82) is 0 Å². The summed E-state index contributed by atoms with van der Waals surface area (Å²) >= 11 is 0. The summed E-state index contributed by atoms with van der Waals surface area (Å²) in [5.74, 6) is 0. The third kappa shape index (κ3) is 4.79. The topological polar surface area (TPSA) is 111 Å². The van der Waals surface area contributed by atoms with Crippen LogP contribution in [0.3, 0.4) is 0 Å². The average Bonchev–Trinajstić information content (AvgIpc) is 2.51. The first-order valence-electron chi connectivity index (χ1n) is 6.45. The minimum absolute atomic E-state index is 0.0578. The molecule has 0 unspecified atom stereocenters. The third-order valence-electron chi connectivity index (χ3n) is 3.09. The van der Waals surface area contributed by atoms with Crippen LogP contribution in [0.5, 0.6) is 0 Å².